The molecular formula is C38H46O4. The van der Waals surface area contributed by atoms with Gasteiger partial charge in [-0.2, -0.15) is 0 Å². The Hall–Kier alpha value is -3.37. The number of carbonyl (C=O) groups excluding carboxylic acids is 3. The summed E-state index contributed by atoms with van der Waals surface area (Å²) in [6.45, 7) is 12.1. The van der Waals surface area contributed by atoms with Gasteiger partial charge < -0.3 is 4.74 Å². The average molecular weight is 567 g/mol. The molecule has 0 radical (unpaired) electrons. The van der Waals surface area contributed by atoms with Gasteiger partial charge >= 0.3 is 0 Å². The number of Topliss-reactive ketones (excluding diaryl/α,β-unsaturated/α-hetero) is 3. The maximum atomic E-state index is 14.2. The van der Waals surface area contributed by atoms with E-state index >= 15 is 0 Å². The number of carbonyl (C=O) groups is 3. The number of hydrogen-bond acceptors (Lipinski definition) is 4. The largest absolute Gasteiger partial charge is 0.374 e. The second-order valence-corrected chi connectivity index (χ2v) is 12.7. The molecule has 0 saturated carbocycles. The first-order valence-corrected chi connectivity index (χ1v) is 15.4. The Morgan fingerprint density at radius 2 is 1.55 bits per heavy atom. The standard InChI is InChI=1S/C38H46O4/c1-7-28-16-18-29(19-17-28)20-21-34(39)36-33(24-42-38(36,5)6)37(41)27(4)31(22-30-13-9-8-10-14-30)23-35(40)32-15-11-12-25(2)26(32)3/h8-19,27,31,33,36H,7,20-24H2,1-6H3. The van der Waals surface area contributed by atoms with Gasteiger partial charge in [-0.25, -0.2) is 0 Å². The van der Waals surface area contributed by atoms with E-state index in [1.54, 1.807) is 0 Å². The van der Waals surface area contributed by atoms with E-state index in [2.05, 4.69) is 31.2 Å². The van der Waals surface area contributed by atoms with E-state index in [-0.39, 0.29) is 36.3 Å². The topological polar surface area (TPSA) is 60.4 Å². The van der Waals surface area contributed by atoms with Crippen LogP contribution < -0.4 is 0 Å². The van der Waals surface area contributed by atoms with Crippen LogP contribution in [-0.4, -0.2) is 29.6 Å². The van der Waals surface area contributed by atoms with Gasteiger partial charge in [-0.05, 0) is 80.7 Å². The lowest BCUT2D eigenvalue weighted by Gasteiger charge is -2.30. The molecule has 1 fully saturated rings. The molecule has 3 aromatic carbocycles. The molecule has 1 aliphatic rings. The van der Waals surface area contributed by atoms with Gasteiger partial charge in [0.1, 0.15) is 11.6 Å². The van der Waals surface area contributed by atoms with Crippen molar-refractivity contribution in [3.8, 4) is 0 Å². The van der Waals surface area contributed by atoms with Crippen LogP contribution in [0.15, 0.2) is 72.8 Å². The summed E-state index contributed by atoms with van der Waals surface area (Å²) in [5.41, 5.74) is 5.57. The molecule has 42 heavy (non-hydrogen) atoms. The van der Waals surface area contributed by atoms with Crippen LogP contribution in [0.5, 0.6) is 0 Å². The second-order valence-electron chi connectivity index (χ2n) is 12.7. The van der Waals surface area contributed by atoms with E-state index in [9.17, 15) is 14.4 Å². The van der Waals surface area contributed by atoms with Gasteiger partial charge in [-0.1, -0.05) is 86.6 Å². The minimum atomic E-state index is -0.716. The fourth-order valence-electron chi connectivity index (χ4n) is 6.51. The van der Waals surface area contributed by atoms with Crippen LogP contribution in [0.25, 0.3) is 0 Å². The fraction of sp³-hybridized carbons (Fsp3) is 0.447. The molecule has 0 N–H and O–H groups in total. The van der Waals surface area contributed by atoms with E-state index in [1.807, 2.05) is 83.1 Å². The summed E-state index contributed by atoms with van der Waals surface area (Å²) >= 11 is 0. The maximum absolute atomic E-state index is 14.2. The Labute approximate surface area is 251 Å². The third kappa shape index (κ3) is 7.33. The van der Waals surface area contributed by atoms with Gasteiger partial charge in [0.05, 0.1) is 24.0 Å². The summed E-state index contributed by atoms with van der Waals surface area (Å²) in [5.74, 6) is -1.45. The number of rotatable bonds is 13. The Balaban J connectivity index is 1.54. The third-order valence-corrected chi connectivity index (χ3v) is 9.44. The summed E-state index contributed by atoms with van der Waals surface area (Å²) in [5, 5.41) is 0. The van der Waals surface area contributed by atoms with Crippen molar-refractivity contribution in [2.45, 2.75) is 79.2 Å². The molecule has 1 saturated heterocycles. The van der Waals surface area contributed by atoms with E-state index in [1.165, 1.54) is 5.56 Å². The Bertz CT molecular complexity index is 1390. The summed E-state index contributed by atoms with van der Waals surface area (Å²) in [6.07, 6.45) is 2.89. The molecule has 0 bridgehead atoms. The molecule has 0 aliphatic carbocycles. The summed E-state index contributed by atoms with van der Waals surface area (Å²) in [6, 6.07) is 24.3. The van der Waals surface area contributed by atoms with Crippen molar-refractivity contribution in [2.75, 3.05) is 6.61 Å². The maximum Gasteiger partial charge on any atom is 0.163 e. The van der Waals surface area contributed by atoms with Crippen LogP contribution in [0.4, 0.5) is 0 Å². The Kier molecular flexibility index (Phi) is 10.3. The van der Waals surface area contributed by atoms with Gasteiger partial charge in [0, 0.05) is 24.3 Å². The zero-order chi connectivity index (χ0) is 30.4. The van der Waals surface area contributed by atoms with Crippen molar-refractivity contribution in [1.29, 1.82) is 0 Å². The van der Waals surface area contributed by atoms with Gasteiger partial charge in [0.25, 0.3) is 0 Å². The molecule has 4 nitrogen and oxygen atoms in total. The van der Waals surface area contributed by atoms with Gasteiger partial charge in [0.15, 0.2) is 5.78 Å². The molecule has 4 unspecified atom stereocenters. The van der Waals surface area contributed by atoms with E-state index in [0.717, 1.165) is 34.2 Å². The van der Waals surface area contributed by atoms with Crippen molar-refractivity contribution in [3.63, 3.8) is 0 Å². The zero-order valence-corrected chi connectivity index (χ0v) is 26.1. The van der Waals surface area contributed by atoms with Crippen molar-refractivity contribution < 1.29 is 19.1 Å². The van der Waals surface area contributed by atoms with Crippen LogP contribution in [0.2, 0.25) is 0 Å². The quantitative estimate of drug-likeness (QED) is 0.199. The first-order valence-electron chi connectivity index (χ1n) is 15.4. The molecule has 1 aliphatic heterocycles. The average Bonchev–Trinajstić information content (AvgIpc) is 3.31. The highest BCUT2D eigenvalue weighted by Gasteiger charge is 2.51. The molecule has 1 heterocycles. The lowest BCUT2D eigenvalue weighted by molar-refractivity contribution is -0.135. The Morgan fingerprint density at radius 1 is 0.881 bits per heavy atom. The SMILES string of the molecule is CCc1ccc(CCC(=O)C2C(C(=O)C(C)C(CC(=O)c3cccc(C)c3C)Cc3ccccc3)COC2(C)C)cc1. The predicted molar refractivity (Wildman–Crippen MR) is 169 cm³/mol. The Morgan fingerprint density at radius 3 is 2.21 bits per heavy atom. The molecule has 4 atom stereocenters. The zero-order valence-electron chi connectivity index (χ0n) is 26.1. The van der Waals surface area contributed by atoms with E-state index in [0.29, 0.717) is 19.3 Å². The summed E-state index contributed by atoms with van der Waals surface area (Å²) < 4.78 is 6.11. The first kappa shape index (κ1) is 31.6. The molecule has 0 amide bonds. The minimum absolute atomic E-state index is 0.0286. The second kappa shape index (κ2) is 13.7. The minimum Gasteiger partial charge on any atom is -0.374 e. The number of aryl methyl sites for hydroxylation is 3. The van der Waals surface area contributed by atoms with E-state index < -0.39 is 23.4 Å². The molecule has 4 heteroatoms. The highest BCUT2D eigenvalue weighted by molar-refractivity contribution is 5.98. The fourth-order valence-corrected chi connectivity index (χ4v) is 6.51. The number of benzene rings is 3. The van der Waals surface area contributed by atoms with Crippen LogP contribution >= 0.6 is 0 Å². The van der Waals surface area contributed by atoms with Crippen molar-refractivity contribution >= 4 is 17.3 Å². The summed E-state index contributed by atoms with van der Waals surface area (Å²) in [7, 11) is 0. The van der Waals surface area contributed by atoms with Crippen LogP contribution in [-0.2, 0) is 33.6 Å². The highest BCUT2D eigenvalue weighted by atomic mass is 16.5. The number of ketones is 3. The lowest BCUT2D eigenvalue weighted by Crippen LogP contribution is -2.41. The molecule has 3 aromatic rings. The number of hydrogen-bond donors (Lipinski definition) is 0. The van der Waals surface area contributed by atoms with Crippen molar-refractivity contribution in [1.82, 2.24) is 0 Å². The summed E-state index contributed by atoms with van der Waals surface area (Å²) in [4.78, 5) is 41.5. The predicted octanol–water partition coefficient (Wildman–Crippen LogP) is 7.75. The van der Waals surface area contributed by atoms with Gasteiger partial charge in [-0.3, -0.25) is 14.4 Å². The van der Waals surface area contributed by atoms with Gasteiger partial charge in [0.2, 0.25) is 0 Å². The van der Waals surface area contributed by atoms with Crippen LogP contribution in [0.1, 0.15) is 78.7 Å². The first-order chi connectivity index (χ1) is 20.0. The van der Waals surface area contributed by atoms with Crippen molar-refractivity contribution in [3.05, 3.63) is 106 Å². The third-order valence-electron chi connectivity index (χ3n) is 9.44. The molecule has 4 rings (SSSR count). The van der Waals surface area contributed by atoms with Gasteiger partial charge in [-0.15, -0.1) is 0 Å². The van der Waals surface area contributed by atoms with Crippen molar-refractivity contribution in [2.24, 2.45) is 23.7 Å². The molecule has 0 spiro atoms. The molecular weight excluding hydrogens is 520 g/mol. The van der Waals surface area contributed by atoms with E-state index in [4.69, 9.17) is 4.74 Å². The highest BCUT2D eigenvalue weighted by Crippen LogP contribution is 2.41. The number of ether oxygens (including phenoxy) is 1. The van der Waals surface area contributed by atoms with Crippen LogP contribution in [0.3, 0.4) is 0 Å². The lowest BCUT2D eigenvalue weighted by atomic mass is 9.71. The normalized spacial score (nSPS) is 19.3. The smallest absolute Gasteiger partial charge is 0.163 e. The van der Waals surface area contributed by atoms with Crippen LogP contribution in [0, 0.1) is 37.5 Å². The monoisotopic (exact) mass is 566 g/mol. The molecule has 0 aromatic heterocycles. The molecule has 222 valence electrons.